The van der Waals surface area contributed by atoms with Gasteiger partial charge in [-0.15, -0.1) is 0 Å². The first-order valence-corrected chi connectivity index (χ1v) is 4.72. The van der Waals surface area contributed by atoms with Crippen LogP contribution in [0, 0.1) is 12.8 Å². The molecular formula is C10H14N2O. The molecule has 1 aromatic rings. The average Bonchev–Trinajstić information content (AvgIpc) is 2.85. The molecule has 0 bridgehead atoms. The number of rotatable bonds is 3. The topological polar surface area (TPSA) is 46.0 Å². The van der Waals surface area contributed by atoms with Crippen LogP contribution in [0.15, 0.2) is 12.3 Å². The fraction of sp³-hybridized carbons (Fsp3) is 0.600. The first-order chi connectivity index (χ1) is 6.25. The van der Waals surface area contributed by atoms with E-state index < -0.39 is 0 Å². The fourth-order valence-electron chi connectivity index (χ4n) is 1.43. The van der Waals surface area contributed by atoms with Gasteiger partial charge in [-0.3, -0.25) is 0 Å². The summed E-state index contributed by atoms with van der Waals surface area (Å²) in [6, 6.07) is 1.87. The van der Waals surface area contributed by atoms with Crippen LogP contribution in [0.5, 0.6) is 0 Å². The van der Waals surface area contributed by atoms with Gasteiger partial charge < -0.3 is 5.11 Å². The van der Waals surface area contributed by atoms with Crippen molar-refractivity contribution in [3.63, 3.8) is 0 Å². The summed E-state index contributed by atoms with van der Waals surface area (Å²) in [4.78, 5) is 8.37. The predicted octanol–water partition coefficient (Wildman–Crippen LogP) is 1.10. The third-order valence-corrected chi connectivity index (χ3v) is 2.40. The van der Waals surface area contributed by atoms with Crippen molar-refractivity contribution in [2.24, 2.45) is 5.92 Å². The molecule has 13 heavy (non-hydrogen) atoms. The first kappa shape index (κ1) is 8.63. The third kappa shape index (κ3) is 2.25. The highest BCUT2D eigenvalue weighted by Gasteiger charge is 2.30. The van der Waals surface area contributed by atoms with Crippen molar-refractivity contribution in [1.29, 1.82) is 0 Å². The predicted molar refractivity (Wildman–Crippen MR) is 49.2 cm³/mol. The summed E-state index contributed by atoms with van der Waals surface area (Å²) in [7, 11) is 0. The molecule has 0 spiro atoms. The third-order valence-electron chi connectivity index (χ3n) is 2.40. The molecule has 1 aromatic heterocycles. The maximum Gasteiger partial charge on any atom is 0.131 e. The van der Waals surface area contributed by atoms with Gasteiger partial charge in [-0.2, -0.15) is 0 Å². The van der Waals surface area contributed by atoms with Gasteiger partial charge >= 0.3 is 0 Å². The maximum absolute atomic E-state index is 9.65. The summed E-state index contributed by atoms with van der Waals surface area (Å²) in [5, 5.41) is 9.65. The van der Waals surface area contributed by atoms with Crippen LogP contribution in [0.3, 0.4) is 0 Å². The average molecular weight is 178 g/mol. The van der Waals surface area contributed by atoms with E-state index in [9.17, 15) is 5.11 Å². The van der Waals surface area contributed by atoms with Gasteiger partial charge in [0.1, 0.15) is 5.82 Å². The van der Waals surface area contributed by atoms with Gasteiger partial charge in [-0.05, 0) is 31.7 Å². The van der Waals surface area contributed by atoms with E-state index >= 15 is 0 Å². The molecule has 1 heterocycles. The van der Waals surface area contributed by atoms with Crippen molar-refractivity contribution in [2.45, 2.75) is 32.3 Å². The Morgan fingerprint density at radius 2 is 2.38 bits per heavy atom. The van der Waals surface area contributed by atoms with Crippen molar-refractivity contribution in [1.82, 2.24) is 9.97 Å². The standard InChI is InChI=1S/C10H14N2O/c1-7-4-5-11-10(12-7)6-9(13)8-2-3-8/h4-5,8-9,13H,2-3,6H2,1H3. The van der Waals surface area contributed by atoms with Crippen molar-refractivity contribution in [3.8, 4) is 0 Å². The first-order valence-electron chi connectivity index (χ1n) is 4.72. The number of hydrogen-bond acceptors (Lipinski definition) is 3. The van der Waals surface area contributed by atoms with Crippen LogP contribution in [0.25, 0.3) is 0 Å². The maximum atomic E-state index is 9.65. The van der Waals surface area contributed by atoms with Crippen LogP contribution in [-0.4, -0.2) is 21.2 Å². The highest BCUT2D eigenvalue weighted by molar-refractivity contribution is 5.01. The summed E-state index contributed by atoms with van der Waals surface area (Å²) in [5.41, 5.74) is 0.966. The Bertz CT molecular complexity index is 297. The Labute approximate surface area is 77.8 Å². The zero-order chi connectivity index (χ0) is 9.26. The lowest BCUT2D eigenvalue weighted by Crippen LogP contribution is -2.15. The number of nitrogens with zero attached hydrogens (tertiary/aromatic N) is 2. The molecule has 3 heteroatoms. The summed E-state index contributed by atoms with van der Waals surface area (Å²) >= 11 is 0. The van der Waals surface area contributed by atoms with Crippen molar-refractivity contribution < 1.29 is 5.11 Å². The Kier molecular flexibility index (Phi) is 2.27. The molecule has 2 rings (SSSR count). The van der Waals surface area contributed by atoms with Crippen LogP contribution in [0.2, 0.25) is 0 Å². The van der Waals surface area contributed by atoms with Crippen LogP contribution < -0.4 is 0 Å². The van der Waals surface area contributed by atoms with Crippen LogP contribution in [-0.2, 0) is 6.42 Å². The van der Waals surface area contributed by atoms with Gasteiger partial charge in [0.15, 0.2) is 0 Å². The quantitative estimate of drug-likeness (QED) is 0.753. The molecule has 1 N–H and O–H groups in total. The van der Waals surface area contributed by atoms with Crippen molar-refractivity contribution >= 4 is 0 Å². The lowest BCUT2D eigenvalue weighted by Gasteiger charge is -2.07. The van der Waals surface area contributed by atoms with E-state index in [-0.39, 0.29) is 6.10 Å². The highest BCUT2D eigenvalue weighted by atomic mass is 16.3. The van der Waals surface area contributed by atoms with E-state index in [0.717, 1.165) is 24.4 Å². The minimum absolute atomic E-state index is 0.234. The molecule has 1 aliphatic carbocycles. The molecule has 1 aliphatic rings. The Hall–Kier alpha value is -0.960. The largest absolute Gasteiger partial charge is 0.392 e. The summed E-state index contributed by atoms with van der Waals surface area (Å²) in [5.74, 6) is 1.27. The number of aryl methyl sites for hydroxylation is 1. The number of aliphatic hydroxyl groups excluding tert-OH is 1. The van der Waals surface area contributed by atoms with E-state index in [0.29, 0.717) is 12.3 Å². The van der Waals surface area contributed by atoms with Gasteiger partial charge in [0.05, 0.1) is 6.10 Å². The number of aromatic nitrogens is 2. The van der Waals surface area contributed by atoms with Crippen molar-refractivity contribution in [3.05, 3.63) is 23.8 Å². The molecule has 1 fully saturated rings. The molecule has 70 valence electrons. The zero-order valence-electron chi connectivity index (χ0n) is 7.77. The molecular weight excluding hydrogens is 164 g/mol. The lowest BCUT2D eigenvalue weighted by molar-refractivity contribution is 0.149. The van der Waals surface area contributed by atoms with Crippen LogP contribution >= 0.6 is 0 Å². The zero-order valence-corrected chi connectivity index (χ0v) is 7.77. The van der Waals surface area contributed by atoms with Gasteiger partial charge in [-0.25, -0.2) is 9.97 Å². The molecule has 1 unspecified atom stereocenters. The van der Waals surface area contributed by atoms with E-state index in [1.807, 2.05) is 13.0 Å². The molecule has 0 aliphatic heterocycles. The summed E-state index contributed by atoms with van der Waals surface area (Å²) in [6.45, 7) is 1.94. The second-order valence-corrected chi connectivity index (χ2v) is 3.72. The smallest absolute Gasteiger partial charge is 0.131 e. The molecule has 1 saturated carbocycles. The molecule has 1 atom stereocenters. The summed E-state index contributed by atoms with van der Waals surface area (Å²) < 4.78 is 0. The van der Waals surface area contributed by atoms with Gasteiger partial charge in [0.25, 0.3) is 0 Å². The molecule has 0 saturated heterocycles. The lowest BCUT2D eigenvalue weighted by atomic mass is 10.1. The minimum atomic E-state index is -0.234. The monoisotopic (exact) mass is 178 g/mol. The van der Waals surface area contributed by atoms with Gasteiger partial charge in [-0.1, -0.05) is 0 Å². The minimum Gasteiger partial charge on any atom is -0.392 e. The van der Waals surface area contributed by atoms with E-state index in [2.05, 4.69) is 9.97 Å². The highest BCUT2D eigenvalue weighted by Crippen LogP contribution is 2.33. The van der Waals surface area contributed by atoms with Crippen LogP contribution in [0.1, 0.15) is 24.4 Å². The number of aliphatic hydroxyl groups is 1. The fourth-order valence-corrected chi connectivity index (χ4v) is 1.43. The second-order valence-electron chi connectivity index (χ2n) is 3.72. The molecule has 0 aromatic carbocycles. The Morgan fingerprint density at radius 3 is 3.00 bits per heavy atom. The molecule has 3 nitrogen and oxygen atoms in total. The van der Waals surface area contributed by atoms with Crippen LogP contribution in [0.4, 0.5) is 0 Å². The Balaban J connectivity index is 2.00. The Morgan fingerprint density at radius 1 is 1.62 bits per heavy atom. The SMILES string of the molecule is Cc1ccnc(CC(O)C2CC2)n1. The molecule has 0 amide bonds. The van der Waals surface area contributed by atoms with E-state index in [4.69, 9.17) is 0 Å². The summed E-state index contributed by atoms with van der Waals surface area (Å²) in [6.07, 6.45) is 4.44. The van der Waals surface area contributed by atoms with Gasteiger partial charge in [0.2, 0.25) is 0 Å². The normalized spacial score (nSPS) is 18.6. The van der Waals surface area contributed by atoms with E-state index in [1.54, 1.807) is 6.20 Å². The van der Waals surface area contributed by atoms with Crippen molar-refractivity contribution in [2.75, 3.05) is 0 Å². The molecule has 0 radical (unpaired) electrons. The second kappa shape index (κ2) is 3.42. The number of hydrogen-bond donors (Lipinski definition) is 1. The van der Waals surface area contributed by atoms with E-state index in [1.165, 1.54) is 0 Å². The van der Waals surface area contributed by atoms with Gasteiger partial charge in [0, 0.05) is 18.3 Å².